The Balaban J connectivity index is 2.40. The number of benzene rings is 1. The van der Waals surface area contributed by atoms with E-state index in [9.17, 15) is 25.0 Å². The zero-order valence-electron chi connectivity index (χ0n) is 11.2. The third kappa shape index (κ3) is 2.62. The molecule has 0 spiro atoms. The van der Waals surface area contributed by atoms with Gasteiger partial charge in [0.2, 0.25) is 0 Å². The van der Waals surface area contributed by atoms with Crippen molar-refractivity contribution in [1.29, 1.82) is 0 Å². The van der Waals surface area contributed by atoms with Crippen LogP contribution in [-0.4, -0.2) is 27.2 Å². The van der Waals surface area contributed by atoms with Crippen LogP contribution < -0.4 is 11.5 Å². The molecule has 0 heterocycles. The SMILES string of the molecule is NC1C=CC([N+](=O)[O-])=CC1(N)C(=O)c1ccc([N+](=O)[O-])cc1. The monoisotopic (exact) mass is 304 g/mol. The number of hydrogen-bond acceptors (Lipinski definition) is 7. The fraction of sp³-hybridized carbons (Fsp3) is 0.154. The fourth-order valence-electron chi connectivity index (χ4n) is 2.07. The van der Waals surface area contributed by atoms with E-state index in [-0.39, 0.29) is 16.9 Å². The molecule has 1 aliphatic carbocycles. The number of nitro benzene ring substituents is 1. The number of hydrogen-bond donors (Lipinski definition) is 2. The van der Waals surface area contributed by atoms with Crippen molar-refractivity contribution in [1.82, 2.24) is 0 Å². The maximum Gasteiger partial charge on any atom is 0.269 e. The number of nitrogens with zero attached hydrogens (tertiary/aromatic N) is 2. The Morgan fingerprint density at radius 2 is 1.73 bits per heavy atom. The molecule has 114 valence electrons. The molecule has 0 amide bonds. The topological polar surface area (TPSA) is 155 Å². The minimum absolute atomic E-state index is 0.0813. The number of Topliss-reactive ketones (excluding diaryl/α,β-unsaturated/α-hetero) is 1. The van der Waals surface area contributed by atoms with Crippen LogP contribution in [0.3, 0.4) is 0 Å². The van der Waals surface area contributed by atoms with Crippen LogP contribution in [0.25, 0.3) is 0 Å². The molecule has 0 aliphatic heterocycles. The second kappa shape index (κ2) is 5.47. The van der Waals surface area contributed by atoms with Crippen molar-refractivity contribution in [3.8, 4) is 0 Å². The first-order chi connectivity index (χ1) is 10.3. The smallest absolute Gasteiger partial charge is 0.269 e. The van der Waals surface area contributed by atoms with E-state index in [2.05, 4.69) is 0 Å². The van der Waals surface area contributed by atoms with Crippen molar-refractivity contribution in [2.24, 2.45) is 11.5 Å². The molecule has 2 rings (SSSR count). The molecule has 0 fully saturated rings. The molecule has 9 nitrogen and oxygen atoms in total. The van der Waals surface area contributed by atoms with Crippen LogP contribution in [0.15, 0.2) is 48.2 Å². The standard InChI is InChI=1S/C13H12N4O5/c14-11-6-5-10(17(21)22)7-13(11,15)12(18)8-1-3-9(4-2-8)16(19)20/h1-7,11H,14-15H2. The van der Waals surface area contributed by atoms with Crippen LogP contribution >= 0.6 is 0 Å². The summed E-state index contributed by atoms with van der Waals surface area (Å²) in [5, 5.41) is 21.4. The molecule has 1 aromatic rings. The van der Waals surface area contributed by atoms with Crippen LogP contribution in [0, 0.1) is 20.2 Å². The van der Waals surface area contributed by atoms with Gasteiger partial charge in [-0.2, -0.15) is 0 Å². The Kier molecular flexibility index (Phi) is 3.85. The lowest BCUT2D eigenvalue weighted by Crippen LogP contribution is -2.60. The van der Waals surface area contributed by atoms with Gasteiger partial charge in [-0.3, -0.25) is 25.0 Å². The Morgan fingerprint density at radius 1 is 1.14 bits per heavy atom. The number of nitro groups is 2. The van der Waals surface area contributed by atoms with Crippen LogP contribution in [-0.2, 0) is 0 Å². The highest BCUT2D eigenvalue weighted by Gasteiger charge is 2.42. The average Bonchev–Trinajstić information content (AvgIpc) is 2.49. The van der Waals surface area contributed by atoms with E-state index in [1.165, 1.54) is 24.3 Å². The number of carbonyl (C=O) groups is 1. The molecular weight excluding hydrogens is 292 g/mol. The van der Waals surface area contributed by atoms with Crippen LogP contribution in [0.2, 0.25) is 0 Å². The van der Waals surface area contributed by atoms with Crippen molar-refractivity contribution >= 4 is 11.5 Å². The summed E-state index contributed by atoms with van der Waals surface area (Å²) in [6.07, 6.45) is 3.46. The van der Waals surface area contributed by atoms with Gasteiger partial charge in [0.25, 0.3) is 11.4 Å². The van der Waals surface area contributed by atoms with Crippen LogP contribution in [0.5, 0.6) is 0 Å². The highest BCUT2D eigenvalue weighted by atomic mass is 16.6. The van der Waals surface area contributed by atoms with Gasteiger partial charge < -0.3 is 11.5 Å². The van der Waals surface area contributed by atoms with E-state index in [0.29, 0.717) is 0 Å². The van der Waals surface area contributed by atoms with Crippen molar-refractivity contribution in [2.75, 3.05) is 0 Å². The highest BCUT2D eigenvalue weighted by molar-refractivity contribution is 6.05. The zero-order chi connectivity index (χ0) is 16.5. The summed E-state index contributed by atoms with van der Waals surface area (Å²) in [6.45, 7) is 0. The lowest BCUT2D eigenvalue weighted by Gasteiger charge is -2.30. The largest absolute Gasteiger partial charge is 0.322 e. The third-order valence-corrected chi connectivity index (χ3v) is 3.36. The van der Waals surface area contributed by atoms with Gasteiger partial charge in [-0.15, -0.1) is 0 Å². The summed E-state index contributed by atoms with van der Waals surface area (Å²) in [4.78, 5) is 32.7. The minimum atomic E-state index is -1.78. The van der Waals surface area contributed by atoms with Gasteiger partial charge in [-0.1, -0.05) is 6.08 Å². The molecule has 22 heavy (non-hydrogen) atoms. The van der Waals surface area contributed by atoms with E-state index in [4.69, 9.17) is 11.5 Å². The van der Waals surface area contributed by atoms with Crippen molar-refractivity contribution in [3.05, 3.63) is 74.0 Å². The third-order valence-electron chi connectivity index (χ3n) is 3.36. The Bertz CT molecular complexity index is 710. The summed E-state index contributed by atoms with van der Waals surface area (Å²) in [6, 6.07) is 3.83. The molecule has 1 aliphatic rings. The average molecular weight is 304 g/mol. The molecular formula is C13H12N4O5. The molecule has 0 saturated carbocycles. The molecule has 0 bridgehead atoms. The summed E-state index contributed by atoms with van der Waals surface area (Å²) >= 11 is 0. The van der Waals surface area contributed by atoms with Gasteiger partial charge in [-0.05, 0) is 12.1 Å². The van der Waals surface area contributed by atoms with Crippen LogP contribution in [0.1, 0.15) is 10.4 Å². The number of carbonyl (C=O) groups excluding carboxylic acids is 1. The number of rotatable bonds is 4. The van der Waals surface area contributed by atoms with Crippen LogP contribution in [0.4, 0.5) is 5.69 Å². The second-order valence-electron chi connectivity index (χ2n) is 4.78. The summed E-state index contributed by atoms with van der Waals surface area (Å²) in [5.74, 6) is -0.654. The Hall–Kier alpha value is -2.91. The highest BCUT2D eigenvalue weighted by Crippen LogP contribution is 2.24. The Morgan fingerprint density at radius 3 is 2.23 bits per heavy atom. The first kappa shape index (κ1) is 15.5. The molecule has 2 atom stereocenters. The number of ketones is 1. The van der Waals surface area contributed by atoms with Gasteiger partial charge in [0, 0.05) is 29.8 Å². The lowest BCUT2D eigenvalue weighted by atomic mass is 9.80. The molecule has 9 heteroatoms. The van der Waals surface area contributed by atoms with Gasteiger partial charge >= 0.3 is 0 Å². The lowest BCUT2D eigenvalue weighted by molar-refractivity contribution is -0.419. The molecule has 1 aromatic carbocycles. The number of nitrogens with two attached hydrogens (primary N) is 2. The normalized spacial score (nSPS) is 23.7. The molecule has 4 N–H and O–H groups in total. The molecule has 0 radical (unpaired) electrons. The molecule has 0 saturated heterocycles. The summed E-state index contributed by atoms with van der Waals surface area (Å²) < 4.78 is 0. The van der Waals surface area contributed by atoms with Gasteiger partial charge in [0.15, 0.2) is 5.78 Å². The number of non-ortho nitro benzene ring substituents is 1. The first-order valence-electron chi connectivity index (χ1n) is 6.15. The minimum Gasteiger partial charge on any atom is -0.322 e. The van der Waals surface area contributed by atoms with Crippen molar-refractivity contribution in [2.45, 2.75) is 11.6 Å². The van der Waals surface area contributed by atoms with Gasteiger partial charge in [-0.25, -0.2) is 0 Å². The fourth-order valence-corrected chi connectivity index (χ4v) is 2.07. The van der Waals surface area contributed by atoms with E-state index < -0.39 is 27.2 Å². The summed E-state index contributed by atoms with van der Waals surface area (Å²) in [5.41, 5.74) is 9.53. The van der Waals surface area contributed by atoms with E-state index in [0.717, 1.165) is 18.2 Å². The molecule has 2 unspecified atom stereocenters. The second-order valence-corrected chi connectivity index (χ2v) is 4.78. The van der Waals surface area contributed by atoms with Gasteiger partial charge in [0.05, 0.1) is 15.9 Å². The molecule has 0 aromatic heterocycles. The van der Waals surface area contributed by atoms with E-state index in [1.807, 2.05) is 0 Å². The maximum absolute atomic E-state index is 12.5. The quantitative estimate of drug-likeness (QED) is 0.466. The predicted molar refractivity (Wildman–Crippen MR) is 76.5 cm³/mol. The van der Waals surface area contributed by atoms with E-state index >= 15 is 0 Å². The zero-order valence-corrected chi connectivity index (χ0v) is 11.2. The Labute approximate surface area is 124 Å². The van der Waals surface area contributed by atoms with Gasteiger partial charge in [0.1, 0.15) is 5.54 Å². The summed E-state index contributed by atoms with van der Waals surface area (Å²) in [7, 11) is 0. The van der Waals surface area contributed by atoms with Crippen molar-refractivity contribution in [3.63, 3.8) is 0 Å². The van der Waals surface area contributed by atoms with Crippen molar-refractivity contribution < 1.29 is 14.6 Å². The maximum atomic E-state index is 12.5. The number of allylic oxidation sites excluding steroid dienone is 1. The first-order valence-corrected chi connectivity index (χ1v) is 6.15. The predicted octanol–water partition coefficient (Wildman–Crippen LogP) is 0.533. The van der Waals surface area contributed by atoms with E-state index in [1.54, 1.807) is 0 Å².